The molecule has 0 heterocycles. The van der Waals surface area contributed by atoms with Crippen molar-refractivity contribution in [1.82, 2.24) is 0 Å². The molecule has 0 saturated carbocycles. The van der Waals surface area contributed by atoms with E-state index in [0.29, 0.717) is 5.02 Å². The monoisotopic (exact) mass is 268 g/mol. The molecule has 1 N–H and O–H groups in total. The summed E-state index contributed by atoms with van der Waals surface area (Å²) >= 11 is 6.09. The molecule has 0 aromatic heterocycles. The lowest BCUT2D eigenvalue weighted by Gasteiger charge is -2.10. The summed E-state index contributed by atoms with van der Waals surface area (Å²) in [6, 6.07) is 4.04. The summed E-state index contributed by atoms with van der Waals surface area (Å²) in [4.78, 5) is 0. The minimum absolute atomic E-state index is 0.284. The SMILES string of the molecule is CCCCCc1cc(Cl)c(O)c(CCCCC)c1. The molecule has 0 atom stereocenters. The molecule has 0 bridgehead atoms. The standard InChI is InChI=1S/C16H25ClO/c1-3-5-7-9-13-11-14(10-8-6-4-2)16(18)15(17)12-13/h11-12,18H,3-10H2,1-2H3. The number of aromatic hydroxyl groups is 1. The van der Waals surface area contributed by atoms with Gasteiger partial charge in [0.05, 0.1) is 5.02 Å². The van der Waals surface area contributed by atoms with E-state index in [1.807, 2.05) is 6.07 Å². The van der Waals surface area contributed by atoms with Crippen molar-refractivity contribution >= 4 is 11.6 Å². The van der Waals surface area contributed by atoms with Gasteiger partial charge < -0.3 is 5.11 Å². The van der Waals surface area contributed by atoms with Gasteiger partial charge in [-0.25, -0.2) is 0 Å². The Morgan fingerprint density at radius 2 is 1.56 bits per heavy atom. The van der Waals surface area contributed by atoms with E-state index in [-0.39, 0.29) is 5.75 Å². The van der Waals surface area contributed by atoms with Gasteiger partial charge in [-0.05, 0) is 42.9 Å². The Hall–Kier alpha value is -0.690. The van der Waals surface area contributed by atoms with Crippen molar-refractivity contribution in [3.63, 3.8) is 0 Å². The van der Waals surface area contributed by atoms with Gasteiger partial charge >= 0.3 is 0 Å². The second-order valence-electron chi connectivity index (χ2n) is 5.00. The Kier molecular flexibility index (Phi) is 7.19. The molecule has 0 aliphatic heterocycles. The number of unbranched alkanes of at least 4 members (excludes halogenated alkanes) is 4. The van der Waals surface area contributed by atoms with Gasteiger partial charge in [0.2, 0.25) is 0 Å². The normalized spacial score (nSPS) is 10.8. The minimum Gasteiger partial charge on any atom is -0.506 e. The molecule has 0 saturated heterocycles. The highest BCUT2D eigenvalue weighted by Gasteiger charge is 2.08. The predicted octanol–water partition coefficient (Wildman–Crippen LogP) is 5.51. The van der Waals surface area contributed by atoms with Crippen molar-refractivity contribution in [3.8, 4) is 5.75 Å². The van der Waals surface area contributed by atoms with Crippen LogP contribution in [0.3, 0.4) is 0 Å². The molecule has 1 nitrogen and oxygen atoms in total. The van der Waals surface area contributed by atoms with E-state index in [0.717, 1.165) is 24.8 Å². The number of rotatable bonds is 8. The number of benzene rings is 1. The Balaban J connectivity index is 2.69. The van der Waals surface area contributed by atoms with Crippen molar-refractivity contribution in [2.45, 2.75) is 65.2 Å². The van der Waals surface area contributed by atoms with E-state index < -0.39 is 0 Å². The second-order valence-corrected chi connectivity index (χ2v) is 5.41. The number of phenolic OH excluding ortho intramolecular Hbond substituents is 1. The maximum atomic E-state index is 9.96. The summed E-state index contributed by atoms with van der Waals surface area (Å²) in [5.74, 6) is 0.284. The maximum absolute atomic E-state index is 9.96. The number of aryl methyl sites for hydroxylation is 2. The average molecular weight is 269 g/mol. The Morgan fingerprint density at radius 3 is 2.17 bits per heavy atom. The summed E-state index contributed by atoms with van der Waals surface area (Å²) in [5, 5.41) is 10.5. The van der Waals surface area contributed by atoms with Crippen molar-refractivity contribution < 1.29 is 5.11 Å². The molecule has 0 radical (unpaired) electrons. The quantitative estimate of drug-likeness (QED) is 0.616. The molecule has 0 amide bonds. The van der Waals surface area contributed by atoms with Crippen LogP contribution >= 0.6 is 11.6 Å². The minimum atomic E-state index is 0.284. The third-order valence-corrected chi connectivity index (χ3v) is 3.61. The first kappa shape index (κ1) is 15.4. The van der Waals surface area contributed by atoms with E-state index in [9.17, 15) is 5.11 Å². The van der Waals surface area contributed by atoms with Gasteiger partial charge in [0.25, 0.3) is 0 Å². The lowest BCUT2D eigenvalue weighted by atomic mass is 10.0. The van der Waals surface area contributed by atoms with E-state index >= 15 is 0 Å². The topological polar surface area (TPSA) is 20.2 Å². The van der Waals surface area contributed by atoms with Crippen molar-refractivity contribution in [2.75, 3.05) is 0 Å². The van der Waals surface area contributed by atoms with Crippen molar-refractivity contribution in [3.05, 3.63) is 28.3 Å². The summed E-state index contributed by atoms with van der Waals surface area (Å²) < 4.78 is 0. The zero-order valence-corrected chi connectivity index (χ0v) is 12.4. The first-order chi connectivity index (χ1) is 8.69. The summed E-state index contributed by atoms with van der Waals surface area (Å²) in [6.07, 6.45) is 9.21. The first-order valence-corrected chi connectivity index (χ1v) is 7.57. The van der Waals surface area contributed by atoms with Crippen LogP contribution in [0.25, 0.3) is 0 Å². The second kappa shape index (κ2) is 8.42. The number of hydrogen-bond acceptors (Lipinski definition) is 1. The molecule has 1 aromatic rings. The highest BCUT2D eigenvalue weighted by atomic mass is 35.5. The average Bonchev–Trinajstić information content (AvgIpc) is 2.35. The summed E-state index contributed by atoms with van der Waals surface area (Å²) in [7, 11) is 0. The highest BCUT2D eigenvalue weighted by molar-refractivity contribution is 6.32. The van der Waals surface area contributed by atoms with E-state index in [1.165, 1.54) is 37.7 Å². The van der Waals surface area contributed by atoms with Gasteiger partial charge in [0, 0.05) is 0 Å². The zero-order chi connectivity index (χ0) is 13.4. The van der Waals surface area contributed by atoms with Crippen LogP contribution in [-0.4, -0.2) is 5.11 Å². The zero-order valence-electron chi connectivity index (χ0n) is 11.6. The first-order valence-electron chi connectivity index (χ1n) is 7.19. The molecule has 102 valence electrons. The van der Waals surface area contributed by atoms with Gasteiger partial charge in [-0.3, -0.25) is 0 Å². The van der Waals surface area contributed by atoms with Crippen molar-refractivity contribution in [2.24, 2.45) is 0 Å². The van der Waals surface area contributed by atoms with Crippen LogP contribution in [0.5, 0.6) is 5.75 Å². The predicted molar refractivity (Wildman–Crippen MR) is 79.6 cm³/mol. The molecule has 0 fully saturated rings. The van der Waals surface area contributed by atoms with Crippen LogP contribution in [0, 0.1) is 0 Å². The molecule has 18 heavy (non-hydrogen) atoms. The molecular weight excluding hydrogens is 244 g/mol. The van der Waals surface area contributed by atoms with Crippen LogP contribution < -0.4 is 0 Å². The fourth-order valence-electron chi connectivity index (χ4n) is 2.20. The molecular formula is C16H25ClO. The summed E-state index contributed by atoms with van der Waals surface area (Å²) in [5.41, 5.74) is 2.28. The molecule has 2 heteroatoms. The molecule has 0 spiro atoms. The van der Waals surface area contributed by atoms with Crippen LogP contribution in [0.2, 0.25) is 5.02 Å². The Labute approximate surface area is 116 Å². The fraction of sp³-hybridized carbons (Fsp3) is 0.625. The van der Waals surface area contributed by atoms with Gasteiger partial charge in [0.1, 0.15) is 5.75 Å². The lowest BCUT2D eigenvalue weighted by molar-refractivity contribution is 0.466. The third kappa shape index (κ3) is 4.89. The Morgan fingerprint density at radius 1 is 0.944 bits per heavy atom. The van der Waals surface area contributed by atoms with E-state index in [4.69, 9.17) is 11.6 Å². The van der Waals surface area contributed by atoms with Crippen molar-refractivity contribution in [1.29, 1.82) is 0 Å². The van der Waals surface area contributed by atoms with Crippen LogP contribution in [-0.2, 0) is 12.8 Å². The smallest absolute Gasteiger partial charge is 0.137 e. The van der Waals surface area contributed by atoms with Gasteiger partial charge in [-0.2, -0.15) is 0 Å². The van der Waals surface area contributed by atoms with Gasteiger partial charge in [0.15, 0.2) is 0 Å². The van der Waals surface area contributed by atoms with Crippen LogP contribution in [0.15, 0.2) is 12.1 Å². The summed E-state index contributed by atoms with van der Waals surface area (Å²) in [6.45, 7) is 4.40. The van der Waals surface area contributed by atoms with Gasteiger partial charge in [-0.1, -0.05) is 57.2 Å². The molecule has 1 aromatic carbocycles. The van der Waals surface area contributed by atoms with Gasteiger partial charge in [-0.15, -0.1) is 0 Å². The molecule has 0 aliphatic carbocycles. The van der Waals surface area contributed by atoms with E-state index in [2.05, 4.69) is 19.9 Å². The highest BCUT2D eigenvalue weighted by Crippen LogP contribution is 2.31. The number of halogens is 1. The maximum Gasteiger partial charge on any atom is 0.137 e. The molecule has 0 unspecified atom stereocenters. The van der Waals surface area contributed by atoms with Crippen LogP contribution in [0.4, 0.5) is 0 Å². The largest absolute Gasteiger partial charge is 0.506 e. The molecule has 1 rings (SSSR count). The fourth-order valence-corrected chi connectivity index (χ4v) is 2.46. The molecule has 0 aliphatic rings. The lowest BCUT2D eigenvalue weighted by Crippen LogP contribution is -1.92. The number of hydrogen-bond donors (Lipinski definition) is 1. The van der Waals surface area contributed by atoms with Crippen LogP contribution in [0.1, 0.15) is 63.5 Å². The third-order valence-electron chi connectivity index (χ3n) is 3.32. The Bertz CT molecular complexity index is 360. The van der Waals surface area contributed by atoms with E-state index in [1.54, 1.807) is 0 Å². The number of phenols is 1.